The molecule has 3 aromatic rings. The molecule has 29 heavy (non-hydrogen) atoms. The first kappa shape index (κ1) is 19.9. The minimum atomic E-state index is -0.545. The smallest absolute Gasteiger partial charge is 0.341 e. The van der Waals surface area contributed by atoms with Gasteiger partial charge in [-0.1, -0.05) is 48.0 Å². The molecule has 0 fully saturated rings. The molecule has 0 radical (unpaired) electrons. The minimum Gasteiger partial charge on any atom is -0.488 e. The summed E-state index contributed by atoms with van der Waals surface area (Å²) < 4.78 is 10.7. The van der Waals surface area contributed by atoms with Crippen molar-refractivity contribution in [3.05, 3.63) is 89.5 Å². The Hall–Kier alpha value is -3.80. The van der Waals surface area contributed by atoms with Crippen LogP contribution in [0.1, 0.15) is 21.5 Å². The number of methoxy groups -OCH3 is 1. The Labute approximate surface area is 169 Å². The zero-order chi connectivity index (χ0) is 20.6. The molecular formula is C23H22N2O4. The highest BCUT2D eigenvalue weighted by Crippen LogP contribution is 2.25. The summed E-state index contributed by atoms with van der Waals surface area (Å²) in [5.41, 5.74) is 3.49. The summed E-state index contributed by atoms with van der Waals surface area (Å²) >= 11 is 0. The van der Waals surface area contributed by atoms with E-state index in [-0.39, 0.29) is 5.56 Å². The van der Waals surface area contributed by atoms with Gasteiger partial charge in [0.2, 0.25) is 0 Å². The summed E-state index contributed by atoms with van der Waals surface area (Å²) in [6.45, 7) is 2.32. The molecule has 0 bridgehead atoms. The minimum absolute atomic E-state index is 0.233. The van der Waals surface area contributed by atoms with Gasteiger partial charge < -0.3 is 20.1 Å². The molecule has 148 valence electrons. The lowest BCUT2D eigenvalue weighted by Crippen LogP contribution is -2.19. The van der Waals surface area contributed by atoms with Crippen LogP contribution in [0.3, 0.4) is 0 Å². The number of aryl methyl sites for hydroxylation is 1. The molecule has 0 atom stereocenters. The molecule has 0 saturated heterocycles. The number of rotatable bonds is 6. The summed E-state index contributed by atoms with van der Waals surface area (Å²) in [7, 11) is 1.30. The van der Waals surface area contributed by atoms with Gasteiger partial charge in [0.1, 0.15) is 17.9 Å². The Kier molecular flexibility index (Phi) is 6.47. The van der Waals surface area contributed by atoms with Crippen LogP contribution in [0.25, 0.3) is 0 Å². The van der Waals surface area contributed by atoms with Crippen LogP contribution in [0.5, 0.6) is 5.75 Å². The molecule has 0 unspecified atom stereocenters. The maximum absolute atomic E-state index is 12.2. The van der Waals surface area contributed by atoms with Crippen LogP contribution in [0, 0.1) is 6.92 Å². The number of carbonyl (C=O) groups is 2. The number of urea groups is 1. The first-order valence-corrected chi connectivity index (χ1v) is 9.09. The fourth-order valence-electron chi connectivity index (χ4n) is 2.66. The van der Waals surface area contributed by atoms with Gasteiger partial charge in [0.15, 0.2) is 0 Å². The Morgan fingerprint density at radius 2 is 1.55 bits per heavy atom. The Morgan fingerprint density at radius 3 is 2.24 bits per heavy atom. The van der Waals surface area contributed by atoms with Crippen molar-refractivity contribution in [3.8, 4) is 5.75 Å². The van der Waals surface area contributed by atoms with Crippen LogP contribution in [-0.4, -0.2) is 19.1 Å². The fourth-order valence-corrected chi connectivity index (χ4v) is 2.66. The van der Waals surface area contributed by atoms with E-state index in [4.69, 9.17) is 9.47 Å². The number of nitrogens with one attached hydrogen (secondary N) is 2. The standard InChI is InChI=1S/C23H22N2O4/c1-16-8-10-17(11-9-16)15-29-21-13-12-19(14-20(21)22(26)28-2)25-23(27)24-18-6-4-3-5-7-18/h3-14H,15H2,1-2H3,(H2,24,25,27). The fraction of sp³-hybridized carbons (Fsp3) is 0.130. The van der Waals surface area contributed by atoms with E-state index in [0.29, 0.717) is 23.7 Å². The molecule has 3 rings (SSSR count). The van der Waals surface area contributed by atoms with E-state index in [2.05, 4.69) is 10.6 Å². The normalized spacial score (nSPS) is 10.1. The number of carbonyl (C=O) groups excluding carboxylic acids is 2. The topological polar surface area (TPSA) is 76.7 Å². The maximum Gasteiger partial charge on any atom is 0.341 e. The van der Waals surface area contributed by atoms with E-state index in [1.807, 2.05) is 49.4 Å². The van der Waals surface area contributed by atoms with E-state index in [0.717, 1.165) is 11.1 Å². The molecule has 0 aromatic heterocycles. The van der Waals surface area contributed by atoms with Crippen molar-refractivity contribution in [3.63, 3.8) is 0 Å². The number of amides is 2. The van der Waals surface area contributed by atoms with E-state index in [1.165, 1.54) is 13.2 Å². The zero-order valence-electron chi connectivity index (χ0n) is 16.3. The second kappa shape index (κ2) is 9.41. The third-order valence-corrected chi connectivity index (χ3v) is 4.19. The van der Waals surface area contributed by atoms with Crippen molar-refractivity contribution in [1.29, 1.82) is 0 Å². The van der Waals surface area contributed by atoms with Crippen LogP contribution >= 0.6 is 0 Å². The van der Waals surface area contributed by atoms with Gasteiger partial charge >= 0.3 is 12.0 Å². The van der Waals surface area contributed by atoms with Gasteiger partial charge in [-0.05, 0) is 42.8 Å². The average molecular weight is 390 g/mol. The summed E-state index contributed by atoms with van der Waals surface area (Å²) in [6, 6.07) is 21.4. The Balaban J connectivity index is 1.72. The molecule has 6 heteroatoms. The number of para-hydroxylation sites is 1. The number of esters is 1. The lowest BCUT2D eigenvalue weighted by atomic mass is 10.1. The van der Waals surface area contributed by atoms with E-state index < -0.39 is 12.0 Å². The van der Waals surface area contributed by atoms with Gasteiger partial charge in [-0.3, -0.25) is 0 Å². The van der Waals surface area contributed by atoms with Crippen molar-refractivity contribution in [1.82, 2.24) is 0 Å². The van der Waals surface area contributed by atoms with E-state index in [1.54, 1.807) is 24.3 Å². The molecule has 0 saturated carbocycles. The number of hydrogen-bond donors (Lipinski definition) is 2. The zero-order valence-corrected chi connectivity index (χ0v) is 16.3. The molecule has 0 aliphatic heterocycles. The van der Waals surface area contributed by atoms with Crippen LogP contribution in [0.15, 0.2) is 72.8 Å². The first-order chi connectivity index (χ1) is 14.0. The van der Waals surface area contributed by atoms with Crippen molar-refractivity contribution in [2.24, 2.45) is 0 Å². The van der Waals surface area contributed by atoms with Crippen LogP contribution in [0.2, 0.25) is 0 Å². The molecule has 2 N–H and O–H groups in total. The molecule has 2 amide bonds. The summed E-state index contributed by atoms with van der Waals surface area (Å²) in [4.78, 5) is 24.4. The quantitative estimate of drug-likeness (QED) is 0.581. The molecule has 0 aliphatic carbocycles. The largest absolute Gasteiger partial charge is 0.488 e. The molecule has 3 aromatic carbocycles. The van der Waals surface area contributed by atoms with Gasteiger partial charge in [0.05, 0.1) is 7.11 Å². The van der Waals surface area contributed by atoms with Crippen LogP contribution in [-0.2, 0) is 11.3 Å². The number of hydrogen-bond acceptors (Lipinski definition) is 4. The molecule has 0 aliphatic rings. The van der Waals surface area contributed by atoms with Gasteiger partial charge in [-0.2, -0.15) is 0 Å². The number of ether oxygens (including phenoxy) is 2. The average Bonchev–Trinajstić information content (AvgIpc) is 2.74. The third kappa shape index (κ3) is 5.59. The maximum atomic E-state index is 12.2. The highest BCUT2D eigenvalue weighted by atomic mass is 16.5. The predicted molar refractivity (Wildman–Crippen MR) is 112 cm³/mol. The van der Waals surface area contributed by atoms with Crippen molar-refractivity contribution in [2.45, 2.75) is 13.5 Å². The second-order valence-corrected chi connectivity index (χ2v) is 6.42. The SMILES string of the molecule is COC(=O)c1cc(NC(=O)Nc2ccccc2)ccc1OCc1ccc(C)cc1. The Bertz CT molecular complexity index is 986. The Morgan fingerprint density at radius 1 is 0.862 bits per heavy atom. The van der Waals surface area contributed by atoms with Gasteiger partial charge in [-0.25, -0.2) is 9.59 Å². The lowest BCUT2D eigenvalue weighted by molar-refractivity contribution is 0.0595. The molecule has 0 heterocycles. The lowest BCUT2D eigenvalue weighted by Gasteiger charge is -2.13. The van der Waals surface area contributed by atoms with E-state index in [9.17, 15) is 9.59 Å². The van der Waals surface area contributed by atoms with Crippen molar-refractivity contribution < 1.29 is 19.1 Å². The van der Waals surface area contributed by atoms with Gasteiger partial charge in [0, 0.05) is 11.4 Å². The number of anilines is 2. The van der Waals surface area contributed by atoms with E-state index >= 15 is 0 Å². The third-order valence-electron chi connectivity index (χ3n) is 4.19. The van der Waals surface area contributed by atoms with Crippen LogP contribution in [0.4, 0.5) is 16.2 Å². The number of benzene rings is 3. The highest BCUT2D eigenvalue weighted by Gasteiger charge is 2.15. The first-order valence-electron chi connectivity index (χ1n) is 9.09. The predicted octanol–water partition coefficient (Wildman–Crippen LogP) is 5.00. The summed E-state index contributed by atoms with van der Waals surface area (Å²) in [5, 5.41) is 5.43. The van der Waals surface area contributed by atoms with Crippen LogP contribution < -0.4 is 15.4 Å². The van der Waals surface area contributed by atoms with Crippen molar-refractivity contribution in [2.75, 3.05) is 17.7 Å². The summed E-state index contributed by atoms with van der Waals surface area (Å²) in [5.74, 6) is -0.164. The van der Waals surface area contributed by atoms with Gasteiger partial charge in [0.25, 0.3) is 0 Å². The summed E-state index contributed by atoms with van der Waals surface area (Å²) in [6.07, 6.45) is 0. The highest BCUT2D eigenvalue weighted by molar-refractivity contribution is 6.01. The molecular weight excluding hydrogens is 368 g/mol. The monoisotopic (exact) mass is 390 g/mol. The molecule has 6 nitrogen and oxygen atoms in total. The second-order valence-electron chi connectivity index (χ2n) is 6.42. The van der Waals surface area contributed by atoms with Gasteiger partial charge in [-0.15, -0.1) is 0 Å². The van der Waals surface area contributed by atoms with Crippen molar-refractivity contribution >= 4 is 23.4 Å². The molecule has 0 spiro atoms.